The van der Waals surface area contributed by atoms with Gasteiger partial charge < -0.3 is 14.4 Å². The van der Waals surface area contributed by atoms with E-state index in [1.807, 2.05) is 30.5 Å². The second kappa shape index (κ2) is 9.50. The topological polar surface area (TPSA) is 76.2 Å². The first-order valence-electron chi connectivity index (χ1n) is 10.3. The van der Waals surface area contributed by atoms with Crippen LogP contribution in [-0.4, -0.2) is 69.2 Å². The van der Waals surface area contributed by atoms with Gasteiger partial charge in [-0.05, 0) is 36.1 Å². The predicted octanol–water partition coefficient (Wildman–Crippen LogP) is 2.86. The number of hydrogen-bond acceptors (Lipinski definition) is 6. The van der Waals surface area contributed by atoms with Gasteiger partial charge in [0.15, 0.2) is 11.5 Å². The number of piperazine rings is 1. The van der Waals surface area contributed by atoms with E-state index in [4.69, 9.17) is 9.47 Å². The average molecular weight is 463 g/mol. The number of carbonyl (C=O) groups is 1. The van der Waals surface area contributed by atoms with Gasteiger partial charge in [0.2, 0.25) is 10.0 Å². The van der Waals surface area contributed by atoms with Crippen molar-refractivity contribution in [1.82, 2.24) is 9.21 Å². The van der Waals surface area contributed by atoms with Gasteiger partial charge in [-0.25, -0.2) is 8.42 Å². The van der Waals surface area contributed by atoms with Gasteiger partial charge in [0.1, 0.15) is 0 Å². The van der Waals surface area contributed by atoms with Gasteiger partial charge >= 0.3 is 0 Å². The summed E-state index contributed by atoms with van der Waals surface area (Å²) in [5.74, 6) is 1.81. The van der Waals surface area contributed by atoms with E-state index in [0.717, 1.165) is 17.7 Å². The van der Waals surface area contributed by atoms with E-state index in [0.29, 0.717) is 43.4 Å². The van der Waals surface area contributed by atoms with E-state index in [1.165, 1.54) is 10.4 Å². The first-order valence-corrected chi connectivity index (χ1v) is 13.1. The Labute approximate surface area is 187 Å². The molecule has 0 bridgehead atoms. The first kappa shape index (κ1) is 22.0. The van der Waals surface area contributed by atoms with Crippen LogP contribution in [0.5, 0.6) is 11.5 Å². The highest BCUT2D eigenvalue weighted by Gasteiger charge is 2.31. The Hall–Kier alpha value is -2.23. The number of rotatable bonds is 5. The van der Waals surface area contributed by atoms with Crippen molar-refractivity contribution in [3.63, 3.8) is 0 Å². The summed E-state index contributed by atoms with van der Waals surface area (Å²) in [6.45, 7) is 2.27. The van der Waals surface area contributed by atoms with Gasteiger partial charge in [-0.15, -0.1) is 0 Å². The maximum Gasteiger partial charge on any atom is 0.253 e. The lowest BCUT2D eigenvalue weighted by molar-refractivity contribution is 0.0698. The number of carbonyl (C=O) groups excluding carboxylic acids is 1. The summed E-state index contributed by atoms with van der Waals surface area (Å²) in [5, 5.41) is 0. The third kappa shape index (κ3) is 4.83. The first-order chi connectivity index (χ1) is 15.0. The molecule has 2 aliphatic rings. The second-order valence-electron chi connectivity index (χ2n) is 7.49. The molecule has 31 heavy (non-hydrogen) atoms. The van der Waals surface area contributed by atoms with E-state index < -0.39 is 10.0 Å². The zero-order valence-electron chi connectivity index (χ0n) is 17.5. The van der Waals surface area contributed by atoms with Gasteiger partial charge in [-0.3, -0.25) is 4.79 Å². The van der Waals surface area contributed by atoms with Crippen molar-refractivity contribution in [3.8, 4) is 11.5 Å². The van der Waals surface area contributed by atoms with Crippen LogP contribution in [0, 0.1) is 0 Å². The van der Waals surface area contributed by atoms with Crippen molar-refractivity contribution in [3.05, 3.63) is 53.6 Å². The zero-order chi connectivity index (χ0) is 21.8. The summed E-state index contributed by atoms with van der Waals surface area (Å²) < 4.78 is 38.9. The Kier molecular flexibility index (Phi) is 6.74. The summed E-state index contributed by atoms with van der Waals surface area (Å²) in [7, 11) is -3.68. The number of thioether (sulfide) groups is 1. The molecule has 2 heterocycles. The molecule has 7 nitrogen and oxygen atoms in total. The fourth-order valence-electron chi connectivity index (χ4n) is 3.73. The number of ether oxygens (including phenoxy) is 2. The lowest BCUT2D eigenvalue weighted by Crippen LogP contribution is -2.50. The Morgan fingerprint density at radius 2 is 1.74 bits per heavy atom. The maximum atomic E-state index is 13.1. The Morgan fingerprint density at radius 1 is 1.00 bits per heavy atom. The summed E-state index contributed by atoms with van der Waals surface area (Å²) >= 11 is 1.71. The number of amides is 1. The number of fused-ring (bicyclic) bond motifs is 1. The van der Waals surface area contributed by atoms with E-state index in [1.54, 1.807) is 28.8 Å². The molecule has 0 radical (unpaired) electrons. The minimum absolute atomic E-state index is 0.0596. The fourth-order valence-corrected chi connectivity index (χ4v) is 5.68. The molecule has 4 rings (SSSR count). The van der Waals surface area contributed by atoms with Gasteiger partial charge in [-0.1, -0.05) is 12.1 Å². The van der Waals surface area contributed by atoms with Crippen LogP contribution >= 0.6 is 11.8 Å². The second-order valence-corrected chi connectivity index (χ2v) is 10.3. The lowest BCUT2D eigenvalue weighted by Gasteiger charge is -2.34. The van der Waals surface area contributed by atoms with Crippen LogP contribution in [0.1, 0.15) is 22.3 Å². The Bertz CT molecular complexity index is 1050. The third-order valence-corrected chi connectivity index (χ3v) is 7.88. The molecule has 0 N–H and O–H groups in total. The summed E-state index contributed by atoms with van der Waals surface area (Å²) in [5.41, 5.74) is 1.75. The molecule has 1 fully saturated rings. The van der Waals surface area contributed by atoms with Crippen molar-refractivity contribution >= 4 is 27.7 Å². The smallest absolute Gasteiger partial charge is 0.253 e. The van der Waals surface area contributed by atoms with E-state index in [9.17, 15) is 13.2 Å². The van der Waals surface area contributed by atoms with Gasteiger partial charge in [-0.2, -0.15) is 16.1 Å². The van der Waals surface area contributed by atoms with Gasteiger partial charge in [0.25, 0.3) is 5.91 Å². The molecule has 0 unspecified atom stereocenters. The quantitative estimate of drug-likeness (QED) is 0.680. The van der Waals surface area contributed by atoms with Crippen molar-refractivity contribution in [2.24, 2.45) is 0 Å². The lowest BCUT2D eigenvalue weighted by atomic mass is 10.1. The largest absolute Gasteiger partial charge is 0.490 e. The van der Waals surface area contributed by atoms with Crippen LogP contribution in [0.25, 0.3) is 0 Å². The molecule has 9 heteroatoms. The molecule has 2 aliphatic heterocycles. The monoisotopic (exact) mass is 462 g/mol. The number of nitrogens with zero attached hydrogens (tertiary/aromatic N) is 2. The van der Waals surface area contributed by atoms with E-state index in [2.05, 4.69) is 0 Å². The molecule has 0 aliphatic carbocycles. The minimum Gasteiger partial charge on any atom is -0.490 e. The molecule has 2 aromatic rings. The van der Waals surface area contributed by atoms with Crippen LogP contribution in [0.3, 0.4) is 0 Å². The predicted molar refractivity (Wildman–Crippen MR) is 120 cm³/mol. The van der Waals surface area contributed by atoms with Crippen LogP contribution in [0.15, 0.2) is 47.4 Å². The molecule has 0 spiro atoms. The van der Waals surface area contributed by atoms with Crippen LogP contribution in [-0.2, 0) is 15.8 Å². The molecular weight excluding hydrogens is 436 g/mol. The zero-order valence-corrected chi connectivity index (χ0v) is 19.1. The van der Waals surface area contributed by atoms with Crippen molar-refractivity contribution in [2.75, 3.05) is 45.6 Å². The molecule has 0 atom stereocenters. The van der Waals surface area contributed by atoms with E-state index >= 15 is 0 Å². The summed E-state index contributed by atoms with van der Waals surface area (Å²) in [4.78, 5) is 14.8. The van der Waals surface area contributed by atoms with Gasteiger partial charge in [0, 0.05) is 50.0 Å². The molecule has 0 aromatic heterocycles. The summed E-state index contributed by atoms with van der Waals surface area (Å²) in [6.07, 6.45) is 2.78. The highest BCUT2D eigenvalue weighted by molar-refractivity contribution is 7.97. The molecule has 166 valence electrons. The minimum atomic E-state index is -3.68. The van der Waals surface area contributed by atoms with Crippen LogP contribution in [0.4, 0.5) is 0 Å². The van der Waals surface area contributed by atoms with Crippen molar-refractivity contribution in [1.29, 1.82) is 0 Å². The molecule has 1 amide bonds. The standard InChI is InChI=1S/C22H26N2O5S2/c1-30-16-17-4-2-5-18(14-17)22(25)23-8-10-24(11-9-23)31(26,27)19-6-7-20-21(15-19)29-13-3-12-28-20/h2,4-7,14-15H,3,8-13,16H2,1H3. The van der Waals surface area contributed by atoms with Crippen molar-refractivity contribution < 1.29 is 22.7 Å². The number of sulfonamides is 1. The van der Waals surface area contributed by atoms with Crippen LogP contribution in [0.2, 0.25) is 0 Å². The fraction of sp³-hybridized carbons (Fsp3) is 0.409. The number of benzene rings is 2. The Balaban J connectivity index is 1.44. The van der Waals surface area contributed by atoms with Gasteiger partial charge in [0.05, 0.1) is 18.1 Å². The highest BCUT2D eigenvalue weighted by Crippen LogP contribution is 2.33. The summed E-state index contributed by atoms with van der Waals surface area (Å²) in [6, 6.07) is 12.4. The third-order valence-electron chi connectivity index (χ3n) is 5.37. The van der Waals surface area contributed by atoms with Crippen LogP contribution < -0.4 is 9.47 Å². The molecule has 2 aromatic carbocycles. The highest BCUT2D eigenvalue weighted by atomic mass is 32.2. The molecule has 0 saturated carbocycles. The maximum absolute atomic E-state index is 13.1. The molecular formula is C22H26N2O5S2. The van der Waals surface area contributed by atoms with Crippen molar-refractivity contribution in [2.45, 2.75) is 17.1 Å². The number of hydrogen-bond donors (Lipinski definition) is 0. The Morgan fingerprint density at radius 3 is 2.48 bits per heavy atom. The SMILES string of the molecule is CSCc1cccc(C(=O)N2CCN(S(=O)(=O)c3ccc4c(c3)OCCCO4)CC2)c1. The van der Waals surface area contributed by atoms with E-state index in [-0.39, 0.29) is 23.9 Å². The molecule has 1 saturated heterocycles. The normalized spacial score (nSPS) is 17.3. The average Bonchev–Trinajstić information content (AvgIpc) is 3.04.